The van der Waals surface area contributed by atoms with E-state index in [1.54, 1.807) is 0 Å². The number of ether oxygens (including phenoxy) is 1. The van der Waals surface area contributed by atoms with E-state index in [-0.39, 0.29) is 18.5 Å². The third kappa shape index (κ3) is 3.76. The minimum atomic E-state index is -0.374. The van der Waals surface area contributed by atoms with Gasteiger partial charge in [0.2, 0.25) is 0 Å². The highest BCUT2D eigenvalue weighted by Gasteiger charge is 2.13. The molecule has 8 heteroatoms. The molecule has 0 aliphatic carbocycles. The van der Waals surface area contributed by atoms with Crippen molar-refractivity contribution in [2.75, 3.05) is 11.9 Å². The molecule has 1 N–H and O–H groups in total. The lowest BCUT2D eigenvalue weighted by Crippen LogP contribution is -2.20. The van der Waals surface area contributed by atoms with Crippen molar-refractivity contribution >= 4 is 50.0 Å². The molecule has 2 heterocycles. The normalized spacial score (nSPS) is 10.8. The monoisotopic (exact) mass is 429 g/mol. The molecule has 1 amide bonds. The number of rotatable bonds is 5. The fraction of sp³-hybridized carbons (Fsp3) is 0.0556. The van der Waals surface area contributed by atoms with Crippen molar-refractivity contribution in [2.24, 2.45) is 0 Å². The van der Waals surface area contributed by atoms with E-state index in [2.05, 4.69) is 31.4 Å². The molecule has 0 saturated heterocycles. The molecule has 130 valence electrons. The molecule has 26 heavy (non-hydrogen) atoms. The highest BCUT2D eigenvalue weighted by molar-refractivity contribution is 9.11. The number of hydrogen-bond donors (Lipinski definition) is 1. The molecule has 0 unspecified atom stereocenters. The molecule has 0 fully saturated rings. The molecular formula is C18H12BrN3O3S. The van der Waals surface area contributed by atoms with E-state index in [1.165, 1.54) is 11.3 Å². The van der Waals surface area contributed by atoms with Crippen molar-refractivity contribution in [1.29, 1.82) is 0 Å². The van der Waals surface area contributed by atoms with Crippen LogP contribution >= 0.6 is 27.3 Å². The molecule has 0 bridgehead atoms. The third-order valence-corrected chi connectivity index (χ3v) is 5.16. The molecule has 0 spiro atoms. The molecule has 6 nitrogen and oxygen atoms in total. The molecule has 2 aromatic heterocycles. The average molecular weight is 430 g/mol. The Balaban J connectivity index is 1.37. The molecule has 4 rings (SSSR count). The highest BCUT2D eigenvalue weighted by atomic mass is 79.9. The first kappa shape index (κ1) is 16.7. The minimum Gasteiger partial charge on any atom is -0.484 e. The summed E-state index contributed by atoms with van der Waals surface area (Å²) in [6, 6.07) is 17.4. The maximum Gasteiger partial charge on any atom is 0.322 e. The molecular weight excluding hydrogens is 418 g/mol. The smallest absolute Gasteiger partial charge is 0.322 e. The van der Waals surface area contributed by atoms with Gasteiger partial charge in [-0.05, 0) is 51.0 Å². The number of carbonyl (C=O) groups excluding carboxylic acids is 1. The van der Waals surface area contributed by atoms with E-state index < -0.39 is 0 Å². The number of thiophene rings is 1. The van der Waals surface area contributed by atoms with Gasteiger partial charge in [0.05, 0.1) is 8.66 Å². The molecule has 0 atom stereocenters. The summed E-state index contributed by atoms with van der Waals surface area (Å²) in [6.07, 6.45) is 0. The van der Waals surface area contributed by atoms with Crippen LogP contribution in [0.2, 0.25) is 0 Å². The molecule has 0 saturated carbocycles. The second kappa shape index (κ2) is 7.27. The number of benzene rings is 2. The van der Waals surface area contributed by atoms with Crippen LogP contribution in [0.5, 0.6) is 5.75 Å². The number of nitrogens with zero attached hydrogens (tertiary/aromatic N) is 2. The van der Waals surface area contributed by atoms with Crippen LogP contribution in [-0.4, -0.2) is 22.7 Å². The van der Waals surface area contributed by atoms with E-state index >= 15 is 0 Å². The minimum absolute atomic E-state index is 0.0385. The van der Waals surface area contributed by atoms with Gasteiger partial charge in [-0.15, -0.1) is 16.4 Å². The number of aromatic nitrogens is 2. The molecule has 0 radical (unpaired) electrons. The highest BCUT2D eigenvalue weighted by Crippen LogP contribution is 2.30. The summed E-state index contributed by atoms with van der Waals surface area (Å²) >= 11 is 4.84. The number of hydrogen-bond acceptors (Lipinski definition) is 6. The quantitative estimate of drug-likeness (QED) is 0.495. The summed E-state index contributed by atoms with van der Waals surface area (Å²) in [5, 5.41) is 12.4. The van der Waals surface area contributed by atoms with E-state index in [0.29, 0.717) is 11.6 Å². The number of carbonyl (C=O) groups is 1. The van der Waals surface area contributed by atoms with Crippen LogP contribution in [0.1, 0.15) is 0 Å². The lowest BCUT2D eigenvalue weighted by atomic mass is 10.1. The number of fused-ring (bicyclic) bond motifs is 1. The SMILES string of the molecule is O=C(COc1ccc2ccccc2c1)Nc1nnc(-c2ccc(Br)s2)o1. The van der Waals surface area contributed by atoms with Crippen LogP contribution in [0.4, 0.5) is 6.01 Å². The molecule has 4 aromatic rings. The second-order valence-electron chi connectivity index (χ2n) is 5.36. The summed E-state index contributed by atoms with van der Waals surface area (Å²) in [5.74, 6) is 0.598. The largest absolute Gasteiger partial charge is 0.484 e. The first-order valence-corrected chi connectivity index (χ1v) is 9.29. The van der Waals surface area contributed by atoms with Gasteiger partial charge in [-0.25, -0.2) is 0 Å². The molecule has 2 aromatic carbocycles. The topological polar surface area (TPSA) is 77.2 Å². The maximum absolute atomic E-state index is 12.0. The van der Waals surface area contributed by atoms with Crippen molar-refractivity contribution in [3.63, 3.8) is 0 Å². The average Bonchev–Trinajstić information content (AvgIpc) is 3.28. The Hall–Kier alpha value is -2.71. The Morgan fingerprint density at radius 3 is 2.77 bits per heavy atom. The zero-order valence-electron chi connectivity index (χ0n) is 13.3. The predicted molar refractivity (Wildman–Crippen MR) is 103 cm³/mol. The standard InChI is InChI=1S/C18H12BrN3O3S/c19-15-8-7-14(26-15)17-21-22-18(25-17)20-16(23)10-24-13-6-5-11-3-1-2-4-12(11)9-13/h1-9H,10H2,(H,20,22,23). The van der Waals surface area contributed by atoms with Crippen molar-refractivity contribution in [3.8, 4) is 16.5 Å². The Morgan fingerprint density at radius 2 is 1.96 bits per heavy atom. The van der Waals surface area contributed by atoms with Gasteiger partial charge in [0.25, 0.3) is 11.8 Å². The van der Waals surface area contributed by atoms with Gasteiger partial charge in [0.1, 0.15) is 5.75 Å². The Labute approximate surface area is 160 Å². The fourth-order valence-corrected chi connectivity index (χ4v) is 3.67. The Bertz CT molecular complexity index is 1080. The van der Waals surface area contributed by atoms with Gasteiger partial charge < -0.3 is 9.15 Å². The summed E-state index contributed by atoms with van der Waals surface area (Å²) in [5.41, 5.74) is 0. The van der Waals surface area contributed by atoms with Crippen molar-refractivity contribution in [2.45, 2.75) is 0 Å². The van der Waals surface area contributed by atoms with E-state index in [4.69, 9.17) is 9.15 Å². The van der Waals surface area contributed by atoms with Crippen LogP contribution in [0.3, 0.4) is 0 Å². The van der Waals surface area contributed by atoms with E-state index in [1.807, 2.05) is 54.6 Å². The lowest BCUT2D eigenvalue weighted by Gasteiger charge is -2.06. The summed E-state index contributed by atoms with van der Waals surface area (Å²) in [6.45, 7) is -0.152. The fourth-order valence-electron chi connectivity index (χ4n) is 2.36. The number of anilines is 1. The zero-order valence-corrected chi connectivity index (χ0v) is 15.7. The second-order valence-corrected chi connectivity index (χ2v) is 7.82. The number of amides is 1. The molecule has 0 aliphatic heterocycles. The summed E-state index contributed by atoms with van der Waals surface area (Å²) in [7, 11) is 0. The number of nitrogens with one attached hydrogen (secondary N) is 1. The molecule has 0 aliphatic rings. The number of halogens is 1. The van der Waals surface area contributed by atoms with Crippen LogP contribution in [-0.2, 0) is 4.79 Å². The zero-order chi connectivity index (χ0) is 17.9. The van der Waals surface area contributed by atoms with E-state index in [9.17, 15) is 4.79 Å². The first-order valence-electron chi connectivity index (χ1n) is 7.68. The van der Waals surface area contributed by atoms with Crippen LogP contribution < -0.4 is 10.1 Å². The van der Waals surface area contributed by atoms with Gasteiger partial charge in [-0.3, -0.25) is 10.1 Å². The Kier molecular flexibility index (Phi) is 4.68. The van der Waals surface area contributed by atoms with Crippen LogP contribution in [0, 0.1) is 0 Å². The van der Waals surface area contributed by atoms with Crippen molar-refractivity contribution < 1.29 is 13.9 Å². The van der Waals surface area contributed by atoms with E-state index in [0.717, 1.165) is 19.4 Å². The maximum atomic E-state index is 12.0. The third-order valence-electron chi connectivity index (χ3n) is 3.55. The van der Waals surface area contributed by atoms with Crippen molar-refractivity contribution in [1.82, 2.24) is 10.2 Å². The van der Waals surface area contributed by atoms with Gasteiger partial charge in [-0.2, -0.15) is 0 Å². The van der Waals surface area contributed by atoms with Gasteiger partial charge in [-0.1, -0.05) is 35.4 Å². The summed E-state index contributed by atoms with van der Waals surface area (Å²) in [4.78, 5) is 12.8. The first-order chi connectivity index (χ1) is 12.7. The van der Waals surface area contributed by atoms with Gasteiger partial charge in [0, 0.05) is 0 Å². The van der Waals surface area contributed by atoms with Gasteiger partial charge >= 0.3 is 6.01 Å². The predicted octanol–water partition coefficient (Wildman–Crippen LogP) is 4.73. The van der Waals surface area contributed by atoms with Crippen molar-refractivity contribution in [3.05, 3.63) is 58.4 Å². The summed E-state index contributed by atoms with van der Waals surface area (Å²) < 4.78 is 11.9. The van der Waals surface area contributed by atoms with Crippen LogP contribution in [0.15, 0.2) is 62.8 Å². The van der Waals surface area contributed by atoms with Gasteiger partial charge in [0.15, 0.2) is 6.61 Å². The Morgan fingerprint density at radius 1 is 1.12 bits per heavy atom. The van der Waals surface area contributed by atoms with Crippen LogP contribution in [0.25, 0.3) is 21.5 Å². The lowest BCUT2D eigenvalue weighted by molar-refractivity contribution is -0.118.